The second-order valence-corrected chi connectivity index (χ2v) is 4.91. The minimum atomic E-state index is -0.465. The van der Waals surface area contributed by atoms with Crippen molar-refractivity contribution in [2.75, 3.05) is 13.2 Å². The Bertz CT molecular complexity index is 414. The van der Waals surface area contributed by atoms with Gasteiger partial charge in [0.2, 0.25) is 0 Å². The Morgan fingerprint density at radius 3 is 2.26 bits per heavy atom. The molecule has 1 aliphatic heterocycles. The van der Waals surface area contributed by atoms with E-state index in [0.29, 0.717) is 13.2 Å². The van der Waals surface area contributed by atoms with Gasteiger partial charge in [0.1, 0.15) is 0 Å². The molecular weight excluding hydrogens is 246 g/mol. The summed E-state index contributed by atoms with van der Waals surface area (Å²) in [5, 5.41) is 0. The highest BCUT2D eigenvalue weighted by molar-refractivity contribution is 5.20. The Morgan fingerprint density at radius 1 is 1.26 bits per heavy atom. The molecule has 1 aromatic heterocycles. The Balaban J connectivity index is 0.000000550. The molecule has 0 spiro atoms. The van der Waals surface area contributed by atoms with Crippen LogP contribution in [0, 0.1) is 0 Å². The van der Waals surface area contributed by atoms with Gasteiger partial charge < -0.3 is 9.47 Å². The normalized spacial score (nSPS) is 19.7. The molecule has 19 heavy (non-hydrogen) atoms. The first kappa shape index (κ1) is 15.5. The number of hydrogen-bond donors (Lipinski definition) is 0. The highest BCUT2D eigenvalue weighted by atomic mass is 16.7. The van der Waals surface area contributed by atoms with Gasteiger partial charge in [0, 0.05) is 6.20 Å². The maximum Gasteiger partial charge on any atom is 0.373 e. The molecule has 5 heteroatoms. The number of rotatable bonds is 2. The number of hydrogen-bond acceptors (Lipinski definition) is 5. The van der Waals surface area contributed by atoms with Crippen LogP contribution in [0.15, 0.2) is 24.4 Å². The van der Waals surface area contributed by atoms with Crippen LogP contribution in [0.2, 0.25) is 0 Å². The fraction of sp³-hybridized carbons (Fsp3) is 0.571. The lowest BCUT2D eigenvalue weighted by Gasteiger charge is -2.42. The third-order valence-corrected chi connectivity index (χ3v) is 3.28. The first-order valence-corrected chi connectivity index (χ1v) is 6.18. The molecule has 0 aromatic carbocycles. The van der Waals surface area contributed by atoms with Crippen molar-refractivity contribution in [2.45, 2.75) is 38.4 Å². The smallest absolute Gasteiger partial charge is 0.349 e. The van der Waals surface area contributed by atoms with Crippen LogP contribution in [0.3, 0.4) is 0 Å². The van der Waals surface area contributed by atoms with Crippen molar-refractivity contribution in [1.29, 1.82) is 0 Å². The van der Waals surface area contributed by atoms with Crippen LogP contribution in [0.5, 0.6) is 0 Å². The summed E-state index contributed by atoms with van der Waals surface area (Å²) in [6.45, 7) is 7.40. The monoisotopic (exact) mass is 265 g/mol. The first-order valence-electron chi connectivity index (χ1n) is 6.18. The maximum atomic E-state index is 8.12. The third-order valence-electron chi connectivity index (χ3n) is 3.28. The average molecular weight is 265 g/mol. The molecular formula is C14H19NO4. The van der Waals surface area contributed by atoms with E-state index in [1.165, 1.54) is 0 Å². The topological polar surface area (TPSA) is 65.5 Å². The molecule has 1 aliphatic rings. The molecule has 0 radical (unpaired) electrons. The van der Waals surface area contributed by atoms with Crippen molar-refractivity contribution in [3.8, 4) is 0 Å². The highest BCUT2D eigenvalue weighted by Gasteiger charge is 2.40. The van der Waals surface area contributed by atoms with E-state index in [0.717, 1.165) is 12.1 Å². The standard InChI is InChI=1S/C13H19NO2.CO2/c1-4-13(11-7-5-6-8-14-11)9-15-12(2,3)16-10-13;2-1-3/h5-8H,4,9-10H2,1-3H3;. The van der Waals surface area contributed by atoms with Gasteiger partial charge in [0.25, 0.3) is 0 Å². The van der Waals surface area contributed by atoms with Crippen molar-refractivity contribution >= 4 is 6.15 Å². The minimum Gasteiger partial charge on any atom is -0.349 e. The van der Waals surface area contributed by atoms with Crippen LogP contribution in [-0.4, -0.2) is 30.1 Å². The minimum absolute atomic E-state index is 0.0865. The molecule has 2 heterocycles. The summed E-state index contributed by atoms with van der Waals surface area (Å²) >= 11 is 0. The van der Waals surface area contributed by atoms with Crippen molar-refractivity contribution in [1.82, 2.24) is 4.98 Å². The van der Waals surface area contributed by atoms with Crippen LogP contribution in [0.1, 0.15) is 32.9 Å². The Kier molecular flexibility index (Phi) is 5.36. The van der Waals surface area contributed by atoms with Gasteiger partial charge in [-0.25, -0.2) is 0 Å². The van der Waals surface area contributed by atoms with Gasteiger partial charge >= 0.3 is 6.15 Å². The van der Waals surface area contributed by atoms with Crippen LogP contribution in [-0.2, 0) is 24.5 Å². The van der Waals surface area contributed by atoms with Gasteiger partial charge in [0.05, 0.1) is 24.3 Å². The zero-order valence-corrected chi connectivity index (χ0v) is 11.5. The summed E-state index contributed by atoms with van der Waals surface area (Å²) < 4.78 is 11.5. The van der Waals surface area contributed by atoms with E-state index in [-0.39, 0.29) is 11.6 Å². The van der Waals surface area contributed by atoms with E-state index < -0.39 is 5.79 Å². The van der Waals surface area contributed by atoms with Crippen LogP contribution >= 0.6 is 0 Å². The van der Waals surface area contributed by atoms with Gasteiger partial charge in [-0.2, -0.15) is 9.59 Å². The molecule has 1 aromatic rings. The first-order chi connectivity index (χ1) is 8.99. The van der Waals surface area contributed by atoms with E-state index in [2.05, 4.69) is 18.0 Å². The summed E-state index contributed by atoms with van der Waals surface area (Å²) in [6.07, 6.45) is 3.05. The number of ether oxygens (including phenoxy) is 2. The molecule has 1 saturated heterocycles. The van der Waals surface area contributed by atoms with Crippen molar-refractivity contribution < 1.29 is 19.1 Å². The summed E-state index contributed by atoms with van der Waals surface area (Å²) in [4.78, 5) is 20.7. The lowest BCUT2D eigenvalue weighted by molar-refractivity contribution is -0.270. The van der Waals surface area contributed by atoms with E-state index in [1.54, 1.807) is 0 Å². The maximum absolute atomic E-state index is 8.12. The molecule has 0 aliphatic carbocycles. The van der Waals surface area contributed by atoms with Crippen LogP contribution in [0.25, 0.3) is 0 Å². The van der Waals surface area contributed by atoms with Crippen molar-refractivity contribution in [3.63, 3.8) is 0 Å². The molecule has 0 amide bonds. The second kappa shape index (κ2) is 6.57. The van der Waals surface area contributed by atoms with Gasteiger partial charge in [-0.1, -0.05) is 13.0 Å². The lowest BCUT2D eigenvalue weighted by Crippen LogP contribution is -2.49. The third kappa shape index (κ3) is 3.96. The van der Waals surface area contributed by atoms with Crippen molar-refractivity contribution in [2.24, 2.45) is 0 Å². The zero-order valence-electron chi connectivity index (χ0n) is 11.5. The molecule has 0 N–H and O–H groups in total. The van der Waals surface area contributed by atoms with Gasteiger partial charge in [-0.15, -0.1) is 0 Å². The molecule has 5 nitrogen and oxygen atoms in total. The number of aromatic nitrogens is 1. The summed E-state index contributed by atoms with van der Waals surface area (Å²) in [7, 11) is 0. The van der Waals surface area contributed by atoms with E-state index in [1.807, 2.05) is 32.2 Å². The zero-order chi connectivity index (χ0) is 14.4. The molecule has 0 atom stereocenters. The molecule has 0 saturated carbocycles. The predicted molar refractivity (Wildman–Crippen MR) is 67.2 cm³/mol. The van der Waals surface area contributed by atoms with Crippen molar-refractivity contribution in [3.05, 3.63) is 30.1 Å². The Hall–Kier alpha value is -1.55. The van der Waals surface area contributed by atoms with E-state index >= 15 is 0 Å². The van der Waals surface area contributed by atoms with Gasteiger partial charge in [-0.05, 0) is 32.4 Å². The number of carbonyl (C=O) groups excluding carboxylic acids is 2. The summed E-state index contributed by atoms with van der Waals surface area (Å²) in [6, 6.07) is 6.00. The number of nitrogens with zero attached hydrogens (tertiary/aromatic N) is 1. The van der Waals surface area contributed by atoms with E-state index in [9.17, 15) is 0 Å². The second-order valence-electron chi connectivity index (χ2n) is 4.91. The molecule has 0 unspecified atom stereocenters. The van der Waals surface area contributed by atoms with E-state index in [4.69, 9.17) is 19.1 Å². The van der Waals surface area contributed by atoms with Crippen LogP contribution in [0.4, 0.5) is 0 Å². The molecule has 2 rings (SSSR count). The molecule has 104 valence electrons. The fourth-order valence-corrected chi connectivity index (χ4v) is 1.92. The highest BCUT2D eigenvalue weighted by Crippen LogP contribution is 2.34. The molecule has 1 fully saturated rings. The Labute approximate surface area is 112 Å². The van der Waals surface area contributed by atoms with Gasteiger partial charge in [0.15, 0.2) is 5.79 Å². The average Bonchev–Trinajstić information content (AvgIpc) is 2.41. The SMILES string of the molecule is CCC1(c2ccccn2)COC(C)(C)OC1.O=C=O. The largest absolute Gasteiger partial charge is 0.373 e. The lowest BCUT2D eigenvalue weighted by atomic mass is 9.82. The summed E-state index contributed by atoms with van der Waals surface area (Å²) in [5.41, 5.74) is 0.976. The molecule has 0 bridgehead atoms. The van der Waals surface area contributed by atoms with Gasteiger partial charge in [-0.3, -0.25) is 4.98 Å². The predicted octanol–water partition coefficient (Wildman–Crippen LogP) is 1.93. The number of pyridine rings is 1. The summed E-state index contributed by atoms with van der Waals surface area (Å²) in [5.74, 6) is -0.465. The van der Waals surface area contributed by atoms with Crippen LogP contribution < -0.4 is 0 Å². The quantitative estimate of drug-likeness (QED) is 0.817. The fourth-order valence-electron chi connectivity index (χ4n) is 1.92. The Morgan fingerprint density at radius 2 is 1.84 bits per heavy atom.